The van der Waals surface area contributed by atoms with Gasteiger partial charge in [0.05, 0.1) is 0 Å². The van der Waals surface area contributed by atoms with Crippen molar-refractivity contribution in [1.29, 1.82) is 0 Å². The van der Waals surface area contributed by atoms with Crippen molar-refractivity contribution in [2.45, 2.75) is 63.8 Å². The molecule has 0 saturated heterocycles. The van der Waals surface area contributed by atoms with Gasteiger partial charge in [0.15, 0.2) is 0 Å². The van der Waals surface area contributed by atoms with Crippen molar-refractivity contribution >= 4 is 50.3 Å². The molecule has 1 unspecified atom stereocenters. The first-order valence-corrected chi connectivity index (χ1v) is 5.94. The number of aldehydes is 2. The van der Waals surface area contributed by atoms with Gasteiger partial charge < -0.3 is 18.2 Å². The molecule has 92 valence electrons. The van der Waals surface area contributed by atoms with Gasteiger partial charge in [-0.1, -0.05) is 32.1 Å². The molecule has 0 spiro atoms. The predicted molar refractivity (Wildman–Crippen MR) is 69.6 cm³/mol. The molecule has 0 heterocycles. The third-order valence-corrected chi connectivity index (χ3v) is 2.55. The number of hydrogen-bond donors (Lipinski definition) is 1. The van der Waals surface area contributed by atoms with E-state index < -0.39 is 0 Å². The topological polar surface area (TPSA) is 60.2 Å². The average molecular weight is 255 g/mol. The van der Waals surface area contributed by atoms with Gasteiger partial charge in [-0.05, 0) is 12.8 Å². The molecule has 0 aromatic heterocycles. The summed E-state index contributed by atoms with van der Waals surface area (Å²) in [6.07, 6.45) is 10.9. The van der Waals surface area contributed by atoms with Crippen LogP contribution < -0.4 is 5.73 Å². The molecular weight excluding hydrogens is 230 g/mol. The summed E-state index contributed by atoms with van der Waals surface area (Å²) in [6.45, 7) is 0. The van der Waals surface area contributed by atoms with Crippen molar-refractivity contribution in [3.05, 3.63) is 0 Å². The Bertz CT molecular complexity index is 174. The van der Waals surface area contributed by atoms with E-state index in [0.29, 0.717) is 12.8 Å². The van der Waals surface area contributed by atoms with Gasteiger partial charge in [-0.3, -0.25) is 0 Å². The minimum Gasteiger partial charge on any atom is -1.00 e. The molecule has 0 saturated carbocycles. The van der Waals surface area contributed by atoms with Crippen LogP contribution in [0.2, 0.25) is 0 Å². The van der Waals surface area contributed by atoms with Crippen molar-refractivity contribution in [3.63, 3.8) is 0 Å². The summed E-state index contributed by atoms with van der Waals surface area (Å²) < 4.78 is 0. The predicted octanol–water partition coefficient (Wildman–Crippen LogP) is 2.07. The van der Waals surface area contributed by atoms with Crippen LogP contribution in [-0.4, -0.2) is 56.4 Å². The zero-order chi connectivity index (χ0) is 11.4. The summed E-state index contributed by atoms with van der Waals surface area (Å²) in [5.41, 5.74) is 5.69. The largest absolute Gasteiger partial charge is 2.00 e. The van der Waals surface area contributed by atoms with E-state index in [9.17, 15) is 9.59 Å². The fraction of sp³-hybridized carbons (Fsp3) is 0.833. The fourth-order valence-electron chi connectivity index (χ4n) is 1.58. The molecule has 0 aliphatic carbocycles. The van der Waals surface area contributed by atoms with E-state index in [1.54, 1.807) is 0 Å². The van der Waals surface area contributed by atoms with Crippen LogP contribution in [0.25, 0.3) is 0 Å². The van der Waals surface area contributed by atoms with Crippen molar-refractivity contribution in [2.24, 2.45) is 5.73 Å². The molecule has 0 aliphatic rings. The van der Waals surface area contributed by atoms with Crippen LogP contribution >= 0.6 is 0 Å². The Morgan fingerprint density at radius 2 is 1.50 bits per heavy atom. The van der Waals surface area contributed by atoms with E-state index in [0.717, 1.165) is 38.3 Å². The van der Waals surface area contributed by atoms with Gasteiger partial charge in [-0.2, -0.15) is 0 Å². The molecule has 0 fully saturated rings. The quantitative estimate of drug-likeness (QED) is 0.349. The maximum atomic E-state index is 10.1. The van der Waals surface area contributed by atoms with Crippen molar-refractivity contribution in [3.8, 4) is 0 Å². The maximum Gasteiger partial charge on any atom is 2.00 e. The Labute approximate surface area is 132 Å². The number of rotatable bonds is 11. The van der Waals surface area contributed by atoms with E-state index >= 15 is 0 Å². The Morgan fingerprint density at radius 3 is 2.06 bits per heavy atom. The van der Waals surface area contributed by atoms with E-state index in [4.69, 9.17) is 5.73 Å². The molecule has 2 N–H and O–H groups in total. The Morgan fingerprint density at radius 1 is 0.938 bits per heavy atom. The SMILES string of the molecule is NC(CC=O)CCCCCCCCC=O.[Ca+2].[H-].[H-]. The van der Waals surface area contributed by atoms with Crippen LogP contribution in [0.3, 0.4) is 0 Å². The van der Waals surface area contributed by atoms with Crippen LogP contribution in [0.15, 0.2) is 0 Å². The number of nitrogens with two attached hydrogens (primary N) is 1. The first-order valence-electron chi connectivity index (χ1n) is 5.94. The minimum atomic E-state index is 0. The van der Waals surface area contributed by atoms with Gasteiger partial charge in [-0.25, -0.2) is 0 Å². The number of hydrogen-bond acceptors (Lipinski definition) is 3. The van der Waals surface area contributed by atoms with Gasteiger partial charge in [0.25, 0.3) is 0 Å². The van der Waals surface area contributed by atoms with Crippen molar-refractivity contribution < 1.29 is 12.4 Å². The molecule has 0 aromatic carbocycles. The molecule has 0 amide bonds. The first-order chi connectivity index (χ1) is 7.31. The van der Waals surface area contributed by atoms with Gasteiger partial charge in [0.1, 0.15) is 12.6 Å². The van der Waals surface area contributed by atoms with Crippen LogP contribution in [0.5, 0.6) is 0 Å². The molecule has 0 bridgehead atoms. The van der Waals surface area contributed by atoms with E-state index in [-0.39, 0.29) is 46.6 Å². The number of carbonyl (C=O) groups excluding carboxylic acids is 2. The van der Waals surface area contributed by atoms with Crippen molar-refractivity contribution in [1.82, 2.24) is 0 Å². The number of carbonyl (C=O) groups is 2. The van der Waals surface area contributed by atoms with Gasteiger partial charge in [0, 0.05) is 18.9 Å². The molecule has 0 aromatic rings. The summed E-state index contributed by atoms with van der Waals surface area (Å²) >= 11 is 0. The second-order valence-corrected chi connectivity index (χ2v) is 4.03. The molecule has 0 rings (SSSR count). The van der Waals surface area contributed by atoms with Crippen LogP contribution in [0.4, 0.5) is 0 Å². The summed E-state index contributed by atoms with van der Waals surface area (Å²) in [4.78, 5) is 20.2. The third kappa shape index (κ3) is 14.6. The number of unbranched alkanes of at least 4 members (excludes halogenated alkanes) is 6. The Balaban J connectivity index is -0.000000327. The van der Waals surface area contributed by atoms with E-state index in [2.05, 4.69) is 0 Å². The average Bonchev–Trinajstić information content (AvgIpc) is 2.22. The summed E-state index contributed by atoms with van der Waals surface area (Å²) in [7, 11) is 0. The first kappa shape index (κ1) is 18.9. The van der Waals surface area contributed by atoms with E-state index in [1.165, 1.54) is 19.3 Å². The molecule has 0 aliphatic heterocycles. The monoisotopic (exact) mass is 255 g/mol. The Kier molecular flexibility index (Phi) is 18.4. The molecular formula is C12H25CaNO2. The van der Waals surface area contributed by atoms with E-state index in [1.807, 2.05) is 0 Å². The van der Waals surface area contributed by atoms with Gasteiger partial charge in [0.2, 0.25) is 0 Å². The maximum absolute atomic E-state index is 10.1. The van der Waals surface area contributed by atoms with Crippen molar-refractivity contribution in [2.75, 3.05) is 0 Å². The second-order valence-electron chi connectivity index (χ2n) is 4.03. The standard InChI is InChI=1S/C12H23NO2.Ca.2H/c13-12(9-11-15)8-6-4-2-1-3-5-7-10-14;;;/h10-12H,1-9,13H2;;;/q;+2;2*-1. The fourth-order valence-corrected chi connectivity index (χ4v) is 1.58. The molecule has 0 radical (unpaired) electrons. The molecule has 3 nitrogen and oxygen atoms in total. The summed E-state index contributed by atoms with van der Waals surface area (Å²) in [6, 6.07) is 0.0533. The van der Waals surface area contributed by atoms with Crippen LogP contribution in [-0.2, 0) is 9.59 Å². The van der Waals surface area contributed by atoms with Crippen LogP contribution in [0, 0.1) is 0 Å². The minimum absolute atomic E-state index is 0. The molecule has 16 heavy (non-hydrogen) atoms. The summed E-state index contributed by atoms with van der Waals surface area (Å²) in [5, 5.41) is 0. The Hall–Kier alpha value is 0.560. The third-order valence-electron chi connectivity index (χ3n) is 2.55. The molecule has 1 atom stereocenters. The smallest absolute Gasteiger partial charge is 1.00 e. The van der Waals surface area contributed by atoms with Crippen LogP contribution in [0.1, 0.15) is 60.6 Å². The summed E-state index contributed by atoms with van der Waals surface area (Å²) in [5.74, 6) is 0. The van der Waals surface area contributed by atoms with Gasteiger partial charge >= 0.3 is 37.7 Å². The molecule has 4 heteroatoms. The zero-order valence-electron chi connectivity index (χ0n) is 12.2. The second kappa shape index (κ2) is 15.6. The normalized spacial score (nSPS) is 11.6. The zero-order valence-corrected chi connectivity index (χ0v) is 12.4. The van der Waals surface area contributed by atoms with Gasteiger partial charge in [-0.15, -0.1) is 0 Å².